The van der Waals surface area contributed by atoms with Gasteiger partial charge >= 0.3 is 0 Å². The van der Waals surface area contributed by atoms with Crippen LogP contribution in [0.2, 0.25) is 0 Å². The van der Waals surface area contributed by atoms with Crippen molar-refractivity contribution in [3.8, 4) is 0 Å². The van der Waals surface area contributed by atoms with Gasteiger partial charge in [0.1, 0.15) is 4.21 Å². The third kappa shape index (κ3) is 5.35. The van der Waals surface area contributed by atoms with Gasteiger partial charge in [-0.25, -0.2) is 8.42 Å². The summed E-state index contributed by atoms with van der Waals surface area (Å²) in [4.78, 5) is 6.87. The number of ether oxygens (including phenoxy) is 1. The molecule has 9 nitrogen and oxygen atoms in total. The second-order valence-corrected chi connectivity index (χ2v) is 13.2. The highest BCUT2D eigenvalue weighted by Gasteiger charge is 2.30. The van der Waals surface area contributed by atoms with Crippen LogP contribution in [0.3, 0.4) is 0 Å². The van der Waals surface area contributed by atoms with Crippen LogP contribution in [-0.2, 0) is 14.8 Å². The van der Waals surface area contributed by atoms with E-state index in [-0.39, 0.29) is 0 Å². The van der Waals surface area contributed by atoms with Crippen LogP contribution >= 0.6 is 27.3 Å². The fourth-order valence-electron chi connectivity index (χ4n) is 4.61. The second kappa shape index (κ2) is 10.1. The van der Waals surface area contributed by atoms with Crippen LogP contribution < -0.4 is 9.80 Å². The minimum atomic E-state index is -3.44. The Balaban J connectivity index is 1.12. The molecule has 0 aliphatic carbocycles. The minimum Gasteiger partial charge on any atom is -0.377 e. The molecule has 3 fully saturated rings. The Bertz CT molecular complexity index is 1030. The molecule has 0 aromatic carbocycles. The van der Waals surface area contributed by atoms with E-state index in [1.807, 2.05) is 12.1 Å². The van der Waals surface area contributed by atoms with E-state index in [0.29, 0.717) is 36.5 Å². The smallest absolute Gasteiger partial charge is 0.252 e. The summed E-state index contributed by atoms with van der Waals surface area (Å²) in [6.45, 7) is 7.92. The second-order valence-electron chi connectivity index (χ2n) is 8.62. The summed E-state index contributed by atoms with van der Waals surface area (Å²) in [7, 11) is -3.44. The highest BCUT2D eigenvalue weighted by molar-refractivity contribution is 9.11. The minimum absolute atomic E-state index is 0.378. The maximum atomic E-state index is 12.8. The molecule has 0 bridgehead atoms. The van der Waals surface area contributed by atoms with Crippen molar-refractivity contribution >= 4 is 48.9 Å². The molecular formula is C21H29BrN6O3S2. The molecule has 5 rings (SSSR count). The number of hydrogen-bond acceptors (Lipinski definition) is 9. The molecule has 180 valence electrons. The third-order valence-corrected chi connectivity index (χ3v) is 10.5. The molecule has 0 radical (unpaired) electrons. The Hall–Kier alpha value is -1.31. The summed E-state index contributed by atoms with van der Waals surface area (Å²) in [5, 5.41) is 8.94. The van der Waals surface area contributed by atoms with Gasteiger partial charge in [-0.2, -0.15) is 4.31 Å². The molecule has 33 heavy (non-hydrogen) atoms. The van der Waals surface area contributed by atoms with Crippen LogP contribution in [0.4, 0.5) is 11.6 Å². The number of aromatic nitrogens is 2. The van der Waals surface area contributed by atoms with E-state index in [1.165, 1.54) is 24.2 Å². The van der Waals surface area contributed by atoms with Crippen molar-refractivity contribution in [2.24, 2.45) is 0 Å². The highest BCUT2D eigenvalue weighted by Crippen LogP contribution is 2.29. The molecule has 0 spiro atoms. The van der Waals surface area contributed by atoms with Gasteiger partial charge in [0.25, 0.3) is 10.0 Å². The van der Waals surface area contributed by atoms with Crippen LogP contribution in [0.5, 0.6) is 0 Å². The fraction of sp³-hybridized carbons (Fsp3) is 0.619. The Morgan fingerprint density at radius 3 is 2.09 bits per heavy atom. The van der Waals surface area contributed by atoms with Crippen LogP contribution in [0.1, 0.15) is 12.8 Å². The van der Waals surface area contributed by atoms with Gasteiger partial charge in [0, 0.05) is 65.5 Å². The standard InChI is InChI=1S/C21H29BrN6O3S2/c22-18-3-6-21(32-18)33(29,30)28-13-11-27(12-14-28)20-5-4-19(23-24-20)26-9-7-25(8-10-26)16-17-2-1-15-31-17/h3-6,17H,1-2,7-16H2. The van der Waals surface area contributed by atoms with E-state index in [9.17, 15) is 8.42 Å². The van der Waals surface area contributed by atoms with Crippen molar-refractivity contribution in [1.29, 1.82) is 0 Å². The molecule has 0 amide bonds. The lowest BCUT2D eigenvalue weighted by atomic mass is 10.2. The molecule has 2 aromatic rings. The summed E-state index contributed by atoms with van der Waals surface area (Å²) in [5.41, 5.74) is 0. The Morgan fingerprint density at radius 1 is 0.939 bits per heavy atom. The molecule has 12 heteroatoms. The predicted octanol–water partition coefficient (Wildman–Crippen LogP) is 2.11. The van der Waals surface area contributed by atoms with Crippen LogP contribution in [-0.4, -0.2) is 99.4 Å². The van der Waals surface area contributed by atoms with Crippen molar-refractivity contribution in [3.05, 3.63) is 28.1 Å². The average molecular weight is 558 g/mol. The van der Waals surface area contributed by atoms with Crippen LogP contribution in [0.15, 0.2) is 32.3 Å². The first-order chi connectivity index (χ1) is 16.0. The quantitative estimate of drug-likeness (QED) is 0.535. The summed E-state index contributed by atoms with van der Waals surface area (Å²) >= 11 is 4.59. The van der Waals surface area contributed by atoms with E-state index in [1.54, 1.807) is 16.4 Å². The first kappa shape index (κ1) is 23.4. The van der Waals surface area contributed by atoms with Crippen molar-refractivity contribution in [3.63, 3.8) is 0 Å². The average Bonchev–Trinajstić information content (AvgIpc) is 3.52. The molecule has 3 saturated heterocycles. The lowest BCUT2D eigenvalue weighted by molar-refractivity contribution is 0.0712. The van der Waals surface area contributed by atoms with Crippen molar-refractivity contribution < 1.29 is 13.2 Å². The molecule has 5 heterocycles. The highest BCUT2D eigenvalue weighted by atomic mass is 79.9. The Morgan fingerprint density at radius 2 is 1.58 bits per heavy atom. The van der Waals surface area contributed by atoms with E-state index in [2.05, 4.69) is 40.8 Å². The molecular weight excluding hydrogens is 528 g/mol. The SMILES string of the molecule is O=S(=O)(c1ccc(Br)s1)N1CCN(c2ccc(N3CCN(CC4CCCO4)CC3)nn2)CC1. The number of rotatable bonds is 6. The predicted molar refractivity (Wildman–Crippen MR) is 133 cm³/mol. The van der Waals surface area contributed by atoms with E-state index in [0.717, 1.165) is 54.8 Å². The molecule has 3 aliphatic heterocycles. The molecule has 0 saturated carbocycles. The maximum absolute atomic E-state index is 12.8. The third-order valence-electron chi connectivity index (χ3n) is 6.52. The summed E-state index contributed by atoms with van der Waals surface area (Å²) in [6.07, 6.45) is 2.77. The van der Waals surface area contributed by atoms with E-state index >= 15 is 0 Å². The van der Waals surface area contributed by atoms with Crippen LogP contribution in [0.25, 0.3) is 0 Å². The Labute approximate surface area is 207 Å². The monoisotopic (exact) mass is 556 g/mol. The van der Waals surface area contributed by atoms with Gasteiger partial charge in [-0.05, 0) is 53.0 Å². The first-order valence-corrected chi connectivity index (χ1v) is 14.5. The van der Waals surface area contributed by atoms with Crippen LogP contribution in [0, 0.1) is 0 Å². The van der Waals surface area contributed by atoms with Gasteiger partial charge in [-0.15, -0.1) is 21.5 Å². The normalized spacial score (nSPS) is 23.4. The van der Waals surface area contributed by atoms with Gasteiger partial charge in [0.15, 0.2) is 11.6 Å². The number of halogens is 1. The van der Waals surface area contributed by atoms with Gasteiger partial charge < -0.3 is 14.5 Å². The largest absolute Gasteiger partial charge is 0.377 e. The van der Waals surface area contributed by atoms with Crippen molar-refractivity contribution in [1.82, 2.24) is 19.4 Å². The topological polar surface area (TPSA) is 82.1 Å². The van der Waals surface area contributed by atoms with E-state index in [4.69, 9.17) is 4.74 Å². The lowest BCUT2D eigenvalue weighted by Crippen LogP contribution is -2.49. The number of thiophene rings is 1. The molecule has 0 N–H and O–H groups in total. The molecule has 1 unspecified atom stereocenters. The number of sulfonamides is 1. The zero-order chi connectivity index (χ0) is 22.8. The number of hydrogen-bond donors (Lipinski definition) is 0. The van der Waals surface area contributed by atoms with Gasteiger partial charge in [-0.3, -0.25) is 4.90 Å². The van der Waals surface area contributed by atoms with Crippen molar-refractivity contribution in [2.75, 3.05) is 75.3 Å². The Kier molecular flexibility index (Phi) is 7.19. The van der Waals surface area contributed by atoms with E-state index < -0.39 is 10.0 Å². The molecule has 2 aromatic heterocycles. The molecule has 1 atom stereocenters. The first-order valence-electron chi connectivity index (χ1n) is 11.4. The maximum Gasteiger partial charge on any atom is 0.252 e. The van der Waals surface area contributed by atoms with Gasteiger partial charge in [0.05, 0.1) is 9.89 Å². The van der Waals surface area contributed by atoms with Crippen molar-refractivity contribution in [2.45, 2.75) is 23.2 Å². The zero-order valence-corrected chi connectivity index (χ0v) is 21.7. The zero-order valence-electron chi connectivity index (χ0n) is 18.5. The summed E-state index contributed by atoms with van der Waals surface area (Å²) in [5.74, 6) is 1.70. The summed E-state index contributed by atoms with van der Waals surface area (Å²) < 4.78 is 34.2. The molecule has 3 aliphatic rings. The van der Waals surface area contributed by atoms with Gasteiger partial charge in [-0.1, -0.05) is 0 Å². The summed E-state index contributed by atoms with van der Waals surface area (Å²) in [6, 6.07) is 7.46. The lowest BCUT2D eigenvalue weighted by Gasteiger charge is -2.36. The number of anilines is 2. The number of nitrogens with zero attached hydrogens (tertiary/aromatic N) is 6. The number of piperazine rings is 2. The van der Waals surface area contributed by atoms with Gasteiger partial charge in [0.2, 0.25) is 0 Å². The fourth-order valence-corrected chi connectivity index (χ4v) is 8.20.